The molecule has 0 fully saturated rings. The number of aromatic nitrogens is 1. The van der Waals surface area contributed by atoms with E-state index in [2.05, 4.69) is 10.3 Å². The van der Waals surface area contributed by atoms with Gasteiger partial charge < -0.3 is 11.1 Å². The summed E-state index contributed by atoms with van der Waals surface area (Å²) in [5.41, 5.74) is 7.16. The van der Waals surface area contributed by atoms with E-state index in [9.17, 15) is 0 Å². The Labute approximate surface area is 110 Å². The largest absolute Gasteiger partial charge is 0.396 e. The number of benzene rings is 1. The Kier molecular flexibility index (Phi) is 3.66. The van der Waals surface area contributed by atoms with E-state index in [-0.39, 0.29) is 5.69 Å². The van der Waals surface area contributed by atoms with E-state index in [1.807, 2.05) is 30.3 Å². The summed E-state index contributed by atoms with van der Waals surface area (Å²) in [7, 11) is 0. The SMILES string of the molecule is N#Cc1nc(NCc2ccccc2Cl)ccc1N. The van der Waals surface area contributed by atoms with Crippen LogP contribution in [0.4, 0.5) is 11.5 Å². The molecule has 0 aliphatic heterocycles. The molecule has 0 amide bonds. The normalized spacial score (nSPS) is 9.78. The molecule has 0 saturated heterocycles. The van der Waals surface area contributed by atoms with E-state index in [1.165, 1.54) is 0 Å². The quantitative estimate of drug-likeness (QED) is 0.888. The van der Waals surface area contributed by atoms with Crippen LogP contribution in [0.15, 0.2) is 36.4 Å². The number of nitrogen functional groups attached to an aromatic ring is 1. The lowest BCUT2D eigenvalue weighted by Gasteiger charge is -2.08. The van der Waals surface area contributed by atoms with Crippen LogP contribution in [-0.2, 0) is 6.54 Å². The topological polar surface area (TPSA) is 74.7 Å². The Morgan fingerprint density at radius 1 is 1.28 bits per heavy atom. The number of nitrogens with one attached hydrogen (secondary N) is 1. The first kappa shape index (κ1) is 12.2. The molecule has 3 N–H and O–H groups in total. The molecule has 2 rings (SSSR count). The van der Waals surface area contributed by atoms with Gasteiger partial charge in [-0.25, -0.2) is 4.98 Å². The predicted octanol–water partition coefficient (Wildman–Crippen LogP) is 2.80. The minimum absolute atomic E-state index is 0.221. The molecule has 2 aromatic rings. The second-order valence-corrected chi connectivity index (χ2v) is 4.10. The van der Waals surface area contributed by atoms with E-state index < -0.39 is 0 Å². The van der Waals surface area contributed by atoms with Crippen LogP contribution in [0.5, 0.6) is 0 Å². The van der Waals surface area contributed by atoms with Crippen LogP contribution in [0.2, 0.25) is 5.02 Å². The smallest absolute Gasteiger partial charge is 0.165 e. The van der Waals surface area contributed by atoms with E-state index in [4.69, 9.17) is 22.6 Å². The molecule has 0 saturated carbocycles. The minimum Gasteiger partial charge on any atom is -0.396 e. The van der Waals surface area contributed by atoms with E-state index >= 15 is 0 Å². The average molecular weight is 259 g/mol. The van der Waals surface area contributed by atoms with Crippen LogP contribution in [-0.4, -0.2) is 4.98 Å². The maximum absolute atomic E-state index is 8.83. The zero-order valence-corrected chi connectivity index (χ0v) is 10.3. The van der Waals surface area contributed by atoms with Crippen molar-refractivity contribution in [3.8, 4) is 6.07 Å². The molecule has 0 radical (unpaired) electrons. The standard InChI is InChI=1S/C13H11ClN4/c14-10-4-2-1-3-9(10)8-17-13-6-5-11(16)12(7-15)18-13/h1-6H,8,16H2,(H,17,18). The maximum Gasteiger partial charge on any atom is 0.165 e. The van der Waals surface area contributed by atoms with Gasteiger partial charge in [-0.3, -0.25) is 0 Å². The van der Waals surface area contributed by atoms with Crippen molar-refractivity contribution < 1.29 is 0 Å². The van der Waals surface area contributed by atoms with E-state index in [0.29, 0.717) is 23.1 Å². The summed E-state index contributed by atoms with van der Waals surface area (Å²) in [6.45, 7) is 0.543. The molecule has 1 aromatic heterocycles. The van der Waals surface area contributed by atoms with Crippen molar-refractivity contribution in [1.29, 1.82) is 5.26 Å². The highest BCUT2D eigenvalue weighted by molar-refractivity contribution is 6.31. The van der Waals surface area contributed by atoms with Gasteiger partial charge in [-0.05, 0) is 23.8 Å². The fourth-order valence-corrected chi connectivity index (χ4v) is 1.69. The molecular weight excluding hydrogens is 248 g/mol. The third kappa shape index (κ3) is 2.70. The highest BCUT2D eigenvalue weighted by Gasteiger charge is 2.03. The number of nitrogens with two attached hydrogens (primary N) is 1. The molecule has 18 heavy (non-hydrogen) atoms. The Balaban J connectivity index is 2.12. The lowest BCUT2D eigenvalue weighted by atomic mass is 10.2. The lowest BCUT2D eigenvalue weighted by molar-refractivity contribution is 1.10. The molecule has 5 heteroatoms. The molecule has 1 aromatic carbocycles. The second-order valence-electron chi connectivity index (χ2n) is 3.69. The molecule has 1 heterocycles. The summed E-state index contributed by atoms with van der Waals surface area (Å²) in [6.07, 6.45) is 0. The van der Waals surface area contributed by atoms with Gasteiger partial charge in [0.25, 0.3) is 0 Å². The zero-order chi connectivity index (χ0) is 13.0. The molecule has 0 atom stereocenters. The van der Waals surface area contributed by atoms with Crippen molar-refractivity contribution in [2.45, 2.75) is 6.54 Å². The maximum atomic E-state index is 8.83. The summed E-state index contributed by atoms with van der Waals surface area (Å²) in [5, 5.41) is 12.6. The first-order chi connectivity index (χ1) is 8.70. The zero-order valence-electron chi connectivity index (χ0n) is 9.52. The van der Waals surface area contributed by atoms with Gasteiger partial charge in [0.15, 0.2) is 5.69 Å². The first-order valence-electron chi connectivity index (χ1n) is 5.34. The van der Waals surface area contributed by atoms with Crippen LogP contribution in [0.25, 0.3) is 0 Å². The Hall–Kier alpha value is -2.25. The van der Waals surface area contributed by atoms with Crippen molar-refractivity contribution >= 4 is 23.1 Å². The molecule has 0 aliphatic rings. The molecule has 0 bridgehead atoms. The molecule has 0 spiro atoms. The number of hydrogen-bond donors (Lipinski definition) is 2. The third-order valence-electron chi connectivity index (χ3n) is 2.45. The lowest BCUT2D eigenvalue weighted by Crippen LogP contribution is -2.04. The third-order valence-corrected chi connectivity index (χ3v) is 2.82. The van der Waals surface area contributed by atoms with Crippen molar-refractivity contribution in [3.63, 3.8) is 0 Å². The molecular formula is C13H11ClN4. The fourth-order valence-electron chi connectivity index (χ4n) is 1.49. The summed E-state index contributed by atoms with van der Waals surface area (Å²) < 4.78 is 0. The van der Waals surface area contributed by atoms with Gasteiger partial charge in [0.1, 0.15) is 11.9 Å². The molecule has 0 aliphatic carbocycles. The summed E-state index contributed by atoms with van der Waals surface area (Å²) in [6, 6.07) is 12.9. The van der Waals surface area contributed by atoms with E-state index in [1.54, 1.807) is 12.1 Å². The van der Waals surface area contributed by atoms with Crippen molar-refractivity contribution in [1.82, 2.24) is 4.98 Å². The summed E-state index contributed by atoms with van der Waals surface area (Å²) in [4.78, 5) is 4.10. The summed E-state index contributed by atoms with van der Waals surface area (Å²) >= 11 is 6.04. The van der Waals surface area contributed by atoms with Crippen LogP contribution in [0.1, 0.15) is 11.3 Å². The fraction of sp³-hybridized carbons (Fsp3) is 0.0769. The molecule has 90 valence electrons. The van der Waals surface area contributed by atoms with Crippen LogP contribution in [0, 0.1) is 11.3 Å². The number of halogens is 1. The van der Waals surface area contributed by atoms with Crippen LogP contribution >= 0.6 is 11.6 Å². The monoisotopic (exact) mass is 258 g/mol. The summed E-state index contributed by atoms with van der Waals surface area (Å²) in [5.74, 6) is 0.598. The van der Waals surface area contributed by atoms with Gasteiger partial charge in [-0.15, -0.1) is 0 Å². The first-order valence-corrected chi connectivity index (χ1v) is 5.72. The number of nitrogens with zero attached hydrogens (tertiary/aromatic N) is 2. The van der Waals surface area contributed by atoms with Gasteiger partial charge in [-0.1, -0.05) is 29.8 Å². The van der Waals surface area contributed by atoms with Gasteiger partial charge in [0, 0.05) is 11.6 Å². The van der Waals surface area contributed by atoms with Crippen molar-refractivity contribution in [2.75, 3.05) is 11.1 Å². The highest BCUT2D eigenvalue weighted by atomic mass is 35.5. The van der Waals surface area contributed by atoms with Crippen molar-refractivity contribution in [3.05, 3.63) is 52.7 Å². The van der Waals surface area contributed by atoms with Gasteiger partial charge in [0.2, 0.25) is 0 Å². The van der Waals surface area contributed by atoms with Gasteiger partial charge in [-0.2, -0.15) is 5.26 Å². The van der Waals surface area contributed by atoms with Gasteiger partial charge in [0.05, 0.1) is 5.69 Å². The molecule has 0 unspecified atom stereocenters. The van der Waals surface area contributed by atoms with Crippen LogP contribution in [0.3, 0.4) is 0 Å². The predicted molar refractivity (Wildman–Crippen MR) is 72.1 cm³/mol. The second kappa shape index (κ2) is 5.39. The van der Waals surface area contributed by atoms with Crippen LogP contribution < -0.4 is 11.1 Å². The Morgan fingerprint density at radius 2 is 2.06 bits per heavy atom. The Morgan fingerprint density at radius 3 is 2.78 bits per heavy atom. The number of anilines is 2. The highest BCUT2D eigenvalue weighted by Crippen LogP contribution is 2.17. The van der Waals surface area contributed by atoms with Crippen molar-refractivity contribution in [2.24, 2.45) is 0 Å². The molecule has 4 nitrogen and oxygen atoms in total. The number of pyridine rings is 1. The number of rotatable bonds is 3. The minimum atomic E-state index is 0.221. The average Bonchev–Trinajstić information content (AvgIpc) is 2.39. The number of hydrogen-bond acceptors (Lipinski definition) is 4. The number of nitriles is 1. The Bertz CT molecular complexity index is 604. The van der Waals surface area contributed by atoms with E-state index in [0.717, 1.165) is 5.56 Å². The van der Waals surface area contributed by atoms with Gasteiger partial charge >= 0.3 is 0 Å².